The van der Waals surface area contributed by atoms with E-state index in [1.807, 2.05) is 25.1 Å². The first-order valence-electron chi connectivity index (χ1n) is 8.53. The van der Waals surface area contributed by atoms with Crippen LogP contribution in [0.5, 0.6) is 11.5 Å². The fourth-order valence-electron chi connectivity index (χ4n) is 2.38. The minimum absolute atomic E-state index is 0.197. The summed E-state index contributed by atoms with van der Waals surface area (Å²) >= 11 is 0. The lowest BCUT2D eigenvalue weighted by molar-refractivity contribution is 0.0934. The Kier molecular flexibility index (Phi) is 7.19. The third-order valence-corrected chi connectivity index (χ3v) is 3.84. The quantitative estimate of drug-likeness (QED) is 0.705. The second-order valence-corrected chi connectivity index (χ2v) is 5.75. The van der Waals surface area contributed by atoms with Crippen LogP contribution in [0.15, 0.2) is 36.8 Å². The van der Waals surface area contributed by atoms with Crippen LogP contribution in [0.4, 0.5) is 0 Å². The van der Waals surface area contributed by atoms with Gasteiger partial charge in [0.25, 0.3) is 5.91 Å². The molecule has 6 heteroatoms. The number of nitrogens with one attached hydrogen (secondary N) is 1. The number of hydrogen-bond donors (Lipinski definition) is 1. The topological polar surface area (TPSA) is 73.3 Å². The zero-order valence-electron chi connectivity index (χ0n) is 15.0. The average Bonchev–Trinajstić information content (AvgIpc) is 2.65. The molecule has 1 aromatic carbocycles. The molecular weight excluding hydrogens is 318 g/mol. The monoisotopic (exact) mass is 343 g/mol. The van der Waals surface area contributed by atoms with Crippen molar-refractivity contribution < 1.29 is 14.3 Å². The van der Waals surface area contributed by atoms with E-state index < -0.39 is 0 Å². The number of unbranched alkanes of at least 4 members (excludes halogenated alkanes) is 2. The predicted molar refractivity (Wildman–Crippen MR) is 95.9 cm³/mol. The smallest absolute Gasteiger partial charge is 0.271 e. The van der Waals surface area contributed by atoms with E-state index in [-0.39, 0.29) is 17.6 Å². The number of carbonyl (C=O) groups is 1. The maximum Gasteiger partial charge on any atom is 0.271 e. The number of benzene rings is 1. The van der Waals surface area contributed by atoms with Crippen molar-refractivity contribution >= 4 is 5.91 Å². The first kappa shape index (κ1) is 18.7. The third-order valence-electron chi connectivity index (χ3n) is 3.84. The molecule has 0 radical (unpaired) electrons. The van der Waals surface area contributed by atoms with Crippen LogP contribution in [0.2, 0.25) is 0 Å². The molecule has 1 amide bonds. The van der Waals surface area contributed by atoms with Crippen LogP contribution in [-0.4, -0.2) is 29.6 Å². The van der Waals surface area contributed by atoms with Crippen molar-refractivity contribution in [2.75, 3.05) is 13.7 Å². The van der Waals surface area contributed by atoms with Gasteiger partial charge in [0.1, 0.15) is 5.69 Å². The Morgan fingerprint density at radius 2 is 2.08 bits per heavy atom. The zero-order chi connectivity index (χ0) is 18.1. The Morgan fingerprint density at radius 1 is 1.24 bits per heavy atom. The number of ether oxygens (including phenoxy) is 2. The fourth-order valence-corrected chi connectivity index (χ4v) is 2.38. The molecule has 1 N–H and O–H groups in total. The van der Waals surface area contributed by atoms with E-state index in [1.165, 1.54) is 18.6 Å². The van der Waals surface area contributed by atoms with Gasteiger partial charge in [0.2, 0.25) is 0 Å². The van der Waals surface area contributed by atoms with Crippen LogP contribution in [0.25, 0.3) is 0 Å². The van der Waals surface area contributed by atoms with Gasteiger partial charge in [-0.25, -0.2) is 4.98 Å². The Bertz CT molecular complexity index is 677. The highest BCUT2D eigenvalue weighted by Gasteiger charge is 2.15. The van der Waals surface area contributed by atoms with E-state index in [0.717, 1.165) is 30.6 Å². The molecule has 0 aliphatic rings. The lowest BCUT2D eigenvalue weighted by atomic mass is 10.1. The van der Waals surface area contributed by atoms with Crippen LogP contribution in [0.3, 0.4) is 0 Å². The standard InChI is InChI=1S/C19H25N3O3/c1-4-5-6-11-25-17-8-7-15(12-18(17)24-3)14(2)22-19(23)16-13-20-9-10-21-16/h7-10,12-14H,4-6,11H2,1-3H3,(H,22,23)/t14-/m1/s1. The van der Waals surface area contributed by atoms with Gasteiger partial charge in [0.15, 0.2) is 11.5 Å². The second kappa shape index (κ2) is 9.61. The highest BCUT2D eigenvalue weighted by Crippen LogP contribution is 2.30. The van der Waals surface area contributed by atoms with Crippen molar-refractivity contribution in [1.29, 1.82) is 0 Å². The van der Waals surface area contributed by atoms with Crippen LogP contribution in [0, 0.1) is 0 Å². The molecule has 2 aromatic rings. The maximum absolute atomic E-state index is 12.2. The molecule has 0 aliphatic heterocycles. The van der Waals surface area contributed by atoms with E-state index in [9.17, 15) is 4.79 Å². The van der Waals surface area contributed by atoms with Gasteiger partial charge in [-0.1, -0.05) is 25.8 Å². The summed E-state index contributed by atoms with van der Waals surface area (Å²) in [7, 11) is 1.61. The highest BCUT2D eigenvalue weighted by molar-refractivity contribution is 5.92. The average molecular weight is 343 g/mol. The summed E-state index contributed by atoms with van der Waals surface area (Å²) in [5.41, 5.74) is 1.21. The molecule has 25 heavy (non-hydrogen) atoms. The molecule has 0 saturated heterocycles. The summed E-state index contributed by atoms with van der Waals surface area (Å²) in [4.78, 5) is 20.1. The number of rotatable bonds is 9. The largest absolute Gasteiger partial charge is 0.493 e. The van der Waals surface area contributed by atoms with Gasteiger partial charge in [-0.05, 0) is 31.0 Å². The number of methoxy groups -OCH3 is 1. The van der Waals surface area contributed by atoms with E-state index in [0.29, 0.717) is 12.4 Å². The number of amides is 1. The van der Waals surface area contributed by atoms with Gasteiger partial charge in [0.05, 0.1) is 26.0 Å². The molecule has 1 heterocycles. The predicted octanol–water partition coefficient (Wildman–Crippen LogP) is 3.55. The van der Waals surface area contributed by atoms with Gasteiger partial charge < -0.3 is 14.8 Å². The molecule has 0 bridgehead atoms. The van der Waals surface area contributed by atoms with Crippen LogP contribution in [-0.2, 0) is 0 Å². The molecule has 0 spiro atoms. The fraction of sp³-hybridized carbons (Fsp3) is 0.421. The summed E-state index contributed by atoms with van der Waals surface area (Å²) in [5.74, 6) is 1.11. The van der Waals surface area contributed by atoms with Gasteiger partial charge in [-0.3, -0.25) is 9.78 Å². The summed E-state index contributed by atoms with van der Waals surface area (Å²) in [5, 5.41) is 2.91. The molecule has 0 saturated carbocycles. The zero-order valence-corrected chi connectivity index (χ0v) is 15.0. The summed E-state index contributed by atoms with van der Waals surface area (Å²) in [6.07, 6.45) is 7.79. The van der Waals surface area contributed by atoms with Crippen molar-refractivity contribution in [1.82, 2.24) is 15.3 Å². The second-order valence-electron chi connectivity index (χ2n) is 5.75. The first-order valence-corrected chi connectivity index (χ1v) is 8.53. The van der Waals surface area contributed by atoms with Crippen molar-refractivity contribution in [2.24, 2.45) is 0 Å². The minimum atomic E-state index is -0.264. The van der Waals surface area contributed by atoms with Crippen molar-refractivity contribution in [3.63, 3.8) is 0 Å². The summed E-state index contributed by atoms with van der Waals surface area (Å²) < 4.78 is 11.2. The molecule has 134 valence electrons. The molecule has 2 rings (SSSR count). The highest BCUT2D eigenvalue weighted by atomic mass is 16.5. The lowest BCUT2D eigenvalue weighted by Crippen LogP contribution is -2.27. The molecule has 0 unspecified atom stereocenters. The van der Waals surface area contributed by atoms with Crippen molar-refractivity contribution in [3.05, 3.63) is 48.0 Å². The van der Waals surface area contributed by atoms with Crippen LogP contribution in [0.1, 0.15) is 55.2 Å². The maximum atomic E-state index is 12.2. The molecule has 1 atom stereocenters. The lowest BCUT2D eigenvalue weighted by Gasteiger charge is -2.17. The van der Waals surface area contributed by atoms with Crippen LogP contribution < -0.4 is 14.8 Å². The van der Waals surface area contributed by atoms with E-state index in [1.54, 1.807) is 7.11 Å². The Labute approximate surface area is 148 Å². The molecule has 0 fully saturated rings. The normalized spacial score (nSPS) is 11.6. The van der Waals surface area contributed by atoms with Gasteiger partial charge in [-0.15, -0.1) is 0 Å². The SMILES string of the molecule is CCCCCOc1ccc([C@@H](C)NC(=O)c2cnccn2)cc1OC. The summed E-state index contributed by atoms with van der Waals surface area (Å²) in [6, 6.07) is 5.50. The Hall–Kier alpha value is -2.63. The molecular formula is C19H25N3O3. The summed E-state index contributed by atoms with van der Waals surface area (Å²) in [6.45, 7) is 4.74. The van der Waals surface area contributed by atoms with Crippen molar-refractivity contribution in [3.8, 4) is 11.5 Å². The van der Waals surface area contributed by atoms with Gasteiger partial charge in [-0.2, -0.15) is 0 Å². The number of nitrogens with zero attached hydrogens (tertiary/aromatic N) is 2. The first-order chi connectivity index (χ1) is 12.2. The Morgan fingerprint density at radius 3 is 2.76 bits per heavy atom. The third kappa shape index (κ3) is 5.45. The van der Waals surface area contributed by atoms with Crippen LogP contribution >= 0.6 is 0 Å². The van der Waals surface area contributed by atoms with E-state index >= 15 is 0 Å². The molecule has 1 aromatic heterocycles. The van der Waals surface area contributed by atoms with Gasteiger partial charge >= 0.3 is 0 Å². The number of aromatic nitrogens is 2. The number of carbonyl (C=O) groups excluding carboxylic acids is 1. The number of hydrogen-bond acceptors (Lipinski definition) is 5. The van der Waals surface area contributed by atoms with Gasteiger partial charge in [0, 0.05) is 12.4 Å². The van der Waals surface area contributed by atoms with Crippen molar-refractivity contribution in [2.45, 2.75) is 39.2 Å². The molecule has 6 nitrogen and oxygen atoms in total. The van der Waals surface area contributed by atoms with E-state index in [4.69, 9.17) is 9.47 Å². The van der Waals surface area contributed by atoms with E-state index in [2.05, 4.69) is 22.2 Å². The minimum Gasteiger partial charge on any atom is -0.493 e. The Balaban J connectivity index is 2.02. The molecule has 0 aliphatic carbocycles.